The van der Waals surface area contributed by atoms with Crippen LogP contribution >= 0.6 is 0 Å². The fourth-order valence-electron chi connectivity index (χ4n) is 0.936. The molecule has 0 saturated heterocycles. The van der Waals surface area contributed by atoms with E-state index < -0.39 is 0 Å². The van der Waals surface area contributed by atoms with Crippen molar-refractivity contribution in [3.63, 3.8) is 0 Å². The van der Waals surface area contributed by atoms with Crippen molar-refractivity contribution in [1.29, 1.82) is 0 Å². The predicted octanol–water partition coefficient (Wildman–Crippen LogP) is -0.286. The van der Waals surface area contributed by atoms with E-state index in [4.69, 9.17) is 11.5 Å². The Kier molecular flexibility index (Phi) is 2.73. The van der Waals surface area contributed by atoms with E-state index in [-0.39, 0.29) is 23.1 Å². The lowest BCUT2D eigenvalue weighted by Crippen LogP contribution is -2.25. The molecular weight excluding hydrogens is 170 g/mol. The summed E-state index contributed by atoms with van der Waals surface area (Å²) in [4.78, 5) is 11.4. The second-order valence-corrected chi connectivity index (χ2v) is 2.65. The molecule has 0 atom stereocenters. The highest BCUT2D eigenvalue weighted by Crippen LogP contribution is 2.14. The smallest absolute Gasteiger partial charge is 0.258 e. The van der Waals surface area contributed by atoms with Crippen LogP contribution in [-0.2, 0) is 0 Å². The van der Waals surface area contributed by atoms with Gasteiger partial charge in [0, 0.05) is 6.54 Å². The Hall–Kier alpha value is -1.72. The zero-order valence-electron chi connectivity index (χ0n) is 7.42. The number of nitrogens with two attached hydrogens (primary N) is 2. The number of nitrogens with zero attached hydrogens (tertiary/aromatic N) is 1. The van der Waals surface area contributed by atoms with Gasteiger partial charge in [0.2, 0.25) is 0 Å². The third-order valence-corrected chi connectivity index (χ3v) is 1.58. The quantitative estimate of drug-likeness (QED) is 0.516. The van der Waals surface area contributed by atoms with Crippen LogP contribution in [0, 0.1) is 0 Å². The maximum atomic E-state index is 11.4. The lowest BCUT2D eigenvalue weighted by Gasteiger charge is -2.01. The van der Waals surface area contributed by atoms with Gasteiger partial charge in [-0.05, 0) is 6.42 Å². The first-order chi connectivity index (χ1) is 6.16. The van der Waals surface area contributed by atoms with Crippen LogP contribution in [0.2, 0.25) is 0 Å². The molecule has 0 aromatic carbocycles. The summed E-state index contributed by atoms with van der Waals surface area (Å²) < 4.78 is 0. The number of carbonyl (C=O) groups is 1. The molecule has 6 heteroatoms. The van der Waals surface area contributed by atoms with E-state index in [2.05, 4.69) is 15.5 Å². The molecule has 1 aromatic rings. The van der Waals surface area contributed by atoms with Gasteiger partial charge in [0.25, 0.3) is 5.91 Å². The van der Waals surface area contributed by atoms with Crippen LogP contribution in [-0.4, -0.2) is 22.6 Å². The van der Waals surface area contributed by atoms with Gasteiger partial charge in [-0.1, -0.05) is 6.92 Å². The fourth-order valence-corrected chi connectivity index (χ4v) is 0.936. The highest BCUT2D eigenvalue weighted by Gasteiger charge is 2.15. The van der Waals surface area contributed by atoms with Crippen molar-refractivity contribution < 1.29 is 4.79 Å². The van der Waals surface area contributed by atoms with Crippen LogP contribution in [0.25, 0.3) is 0 Å². The van der Waals surface area contributed by atoms with Gasteiger partial charge in [0.15, 0.2) is 5.82 Å². The van der Waals surface area contributed by atoms with E-state index in [1.165, 1.54) is 0 Å². The van der Waals surface area contributed by atoms with E-state index in [0.29, 0.717) is 6.54 Å². The Labute approximate surface area is 75.7 Å². The van der Waals surface area contributed by atoms with Gasteiger partial charge >= 0.3 is 0 Å². The van der Waals surface area contributed by atoms with Crippen molar-refractivity contribution in [3.05, 3.63) is 5.56 Å². The van der Waals surface area contributed by atoms with Crippen LogP contribution in [0.3, 0.4) is 0 Å². The highest BCUT2D eigenvalue weighted by molar-refractivity contribution is 6.02. The van der Waals surface area contributed by atoms with Crippen molar-refractivity contribution in [2.45, 2.75) is 13.3 Å². The molecule has 1 heterocycles. The molecule has 0 aliphatic rings. The van der Waals surface area contributed by atoms with E-state index in [1.54, 1.807) is 0 Å². The lowest BCUT2D eigenvalue weighted by molar-refractivity contribution is 0.0955. The van der Waals surface area contributed by atoms with Gasteiger partial charge in [-0.3, -0.25) is 9.89 Å². The minimum atomic E-state index is -0.286. The molecule has 1 amide bonds. The standard InChI is InChI=1S/C7H13N5O/c1-2-3-10-7(13)4-5(8)11-12-6(4)9/h2-3H2,1H3,(H,10,13)(H5,8,9,11,12). The first-order valence-electron chi connectivity index (χ1n) is 4.04. The van der Waals surface area contributed by atoms with Crippen molar-refractivity contribution >= 4 is 17.5 Å². The maximum absolute atomic E-state index is 11.4. The van der Waals surface area contributed by atoms with Crippen LogP contribution in [0.15, 0.2) is 0 Å². The summed E-state index contributed by atoms with van der Waals surface area (Å²) in [5.41, 5.74) is 11.1. The summed E-state index contributed by atoms with van der Waals surface area (Å²) in [5.74, 6) is 0.0443. The van der Waals surface area contributed by atoms with Crippen LogP contribution in [0.1, 0.15) is 23.7 Å². The van der Waals surface area contributed by atoms with E-state index in [9.17, 15) is 4.79 Å². The first-order valence-corrected chi connectivity index (χ1v) is 4.04. The molecule has 1 rings (SSSR count). The number of nitrogen functional groups attached to an aromatic ring is 2. The minimum absolute atomic E-state index is 0.131. The molecule has 6 nitrogen and oxygen atoms in total. The number of anilines is 2. The van der Waals surface area contributed by atoms with E-state index in [0.717, 1.165) is 6.42 Å². The molecule has 0 radical (unpaired) electrons. The third-order valence-electron chi connectivity index (χ3n) is 1.58. The summed E-state index contributed by atoms with van der Waals surface area (Å²) in [6.07, 6.45) is 0.864. The molecule has 6 N–H and O–H groups in total. The number of rotatable bonds is 3. The number of amides is 1. The predicted molar refractivity (Wildman–Crippen MR) is 50.0 cm³/mol. The van der Waals surface area contributed by atoms with Gasteiger partial charge in [-0.15, -0.1) is 0 Å². The average molecular weight is 183 g/mol. The first kappa shape index (κ1) is 9.37. The van der Waals surface area contributed by atoms with Crippen molar-refractivity contribution in [2.24, 2.45) is 0 Å². The van der Waals surface area contributed by atoms with Gasteiger partial charge < -0.3 is 16.8 Å². The SMILES string of the molecule is CCCNC(=O)c1c(N)n[nH]c1N. The highest BCUT2D eigenvalue weighted by atomic mass is 16.1. The molecular formula is C7H13N5O. The molecule has 0 fully saturated rings. The Morgan fingerprint density at radius 1 is 1.62 bits per heavy atom. The van der Waals surface area contributed by atoms with E-state index >= 15 is 0 Å². The number of H-pyrrole nitrogens is 1. The number of aromatic amines is 1. The zero-order valence-corrected chi connectivity index (χ0v) is 7.42. The van der Waals surface area contributed by atoms with Crippen LogP contribution < -0.4 is 16.8 Å². The molecule has 13 heavy (non-hydrogen) atoms. The molecule has 0 aliphatic carbocycles. The largest absolute Gasteiger partial charge is 0.383 e. The Bertz CT molecular complexity index is 286. The molecule has 72 valence electrons. The van der Waals surface area contributed by atoms with Gasteiger partial charge in [0.1, 0.15) is 11.4 Å². The maximum Gasteiger partial charge on any atom is 0.258 e. The summed E-state index contributed by atoms with van der Waals surface area (Å²) in [6, 6.07) is 0. The van der Waals surface area contributed by atoms with E-state index in [1.807, 2.05) is 6.92 Å². The number of hydrogen-bond acceptors (Lipinski definition) is 4. The Morgan fingerprint density at radius 2 is 2.31 bits per heavy atom. The average Bonchev–Trinajstić information content (AvgIpc) is 2.42. The van der Waals surface area contributed by atoms with Crippen molar-refractivity contribution in [3.8, 4) is 0 Å². The molecule has 0 aliphatic heterocycles. The van der Waals surface area contributed by atoms with Crippen LogP contribution in [0.5, 0.6) is 0 Å². The fraction of sp³-hybridized carbons (Fsp3) is 0.429. The second-order valence-electron chi connectivity index (χ2n) is 2.65. The third kappa shape index (κ3) is 1.90. The number of hydrogen-bond donors (Lipinski definition) is 4. The molecule has 0 spiro atoms. The number of carbonyl (C=O) groups excluding carboxylic acids is 1. The molecule has 1 aromatic heterocycles. The van der Waals surface area contributed by atoms with Crippen molar-refractivity contribution in [1.82, 2.24) is 15.5 Å². The molecule has 0 unspecified atom stereocenters. The minimum Gasteiger partial charge on any atom is -0.383 e. The summed E-state index contributed by atoms with van der Waals surface area (Å²) in [5, 5.41) is 8.71. The normalized spacial score (nSPS) is 9.92. The summed E-state index contributed by atoms with van der Waals surface area (Å²) in [6.45, 7) is 2.56. The molecule has 0 saturated carbocycles. The van der Waals surface area contributed by atoms with Gasteiger partial charge in [-0.25, -0.2) is 0 Å². The summed E-state index contributed by atoms with van der Waals surface area (Å²) >= 11 is 0. The van der Waals surface area contributed by atoms with Gasteiger partial charge in [0.05, 0.1) is 0 Å². The lowest BCUT2D eigenvalue weighted by atomic mass is 10.3. The zero-order chi connectivity index (χ0) is 9.84. The van der Waals surface area contributed by atoms with Crippen LogP contribution in [0.4, 0.5) is 11.6 Å². The van der Waals surface area contributed by atoms with Gasteiger partial charge in [-0.2, -0.15) is 5.10 Å². The second kappa shape index (κ2) is 3.79. The number of aromatic nitrogens is 2. The topological polar surface area (TPSA) is 110 Å². The number of nitrogens with one attached hydrogen (secondary N) is 2. The Balaban J connectivity index is 2.76. The summed E-state index contributed by atoms with van der Waals surface area (Å²) in [7, 11) is 0. The van der Waals surface area contributed by atoms with Crippen molar-refractivity contribution in [2.75, 3.05) is 18.0 Å². The molecule has 0 bridgehead atoms. The monoisotopic (exact) mass is 183 g/mol. The Morgan fingerprint density at radius 3 is 2.77 bits per heavy atom.